The topological polar surface area (TPSA) is 120 Å². The Balaban J connectivity index is 1.07. The number of benzene rings is 2. The maximum atomic E-state index is 12.8. The summed E-state index contributed by atoms with van der Waals surface area (Å²) in [5.74, 6) is 2.00. The van der Waals surface area contributed by atoms with Crippen LogP contribution in [0.2, 0.25) is 0 Å². The molecule has 5 heterocycles. The van der Waals surface area contributed by atoms with Crippen LogP contribution >= 0.6 is 0 Å². The Morgan fingerprint density at radius 2 is 1.47 bits per heavy atom. The van der Waals surface area contributed by atoms with Gasteiger partial charge in [-0.3, -0.25) is 0 Å². The summed E-state index contributed by atoms with van der Waals surface area (Å²) >= 11 is 0. The highest BCUT2D eigenvalue weighted by Gasteiger charge is 2.39. The first kappa shape index (κ1) is 27.8. The Bertz CT molecular complexity index is 1400. The van der Waals surface area contributed by atoms with E-state index < -0.39 is 0 Å². The molecule has 2 amide bonds. The van der Waals surface area contributed by atoms with E-state index in [1.165, 1.54) is 0 Å². The maximum Gasteiger partial charge on any atom is 0.323 e. The molecule has 0 radical (unpaired) electrons. The molecule has 0 aliphatic carbocycles. The van der Waals surface area contributed by atoms with Crippen molar-refractivity contribution < 1.29 is 14.3 Å². The number of piperazine rings is 1. The van der Waals surface area contributed by atoms with Crippen LogP contribution in [0.1, 0.15) is 19.8 Å². The molecule has 4 aliphatic rings. The summed E-state index contributed by atoms with van der Waals surface area (Å²) in [6.07, 6.45) is 2.16. The third-order valence-electron chi connectivity index (χ3n) is 8.72. The van der Waals surface area contributed by atoms with Gasteiger partial charge in [0, 0.05) is 55.3 Å². The van der Waals surface area contributed by atoms with Gasteiger partial charge in [0.15, 0.2) is 5.82 Å². The molecule has 2 aromatic carbocycles. The molecule has 12 nitrogen and oxygen atoms in total. The lowest BCUT2D eigenvalue weighted by atomic mass is 10.2. The second-order valence-corrected chi connectivity index (χ2v) is 11.6. The van der Waals surface area contributed by atoms with Crippen LogP contribution in [0.5, 0.6) is 0 Å². The molecule has 4 aliphatic heterocycles. The monoisotopic (exact) mass is 585 g/mol. The molecule has 0 saturated carbocycles. The molecule has 3 aromatic rings. The van der Waals surface area contributed by atoms with Crippen molar-refractivity contribution >= 4 is 35.0 Å². The largest absolute Gasteiger partial charge is 0.377 e. The molecule has 2 bridgehead atoms. The first-order chi connectivity index (χ1) is 21.1. The summed E-state index contributed by atoms with van der Waals surface area (Å²) in [6.45, 7) is 9.48. The average Bonchev–Trinajstić information content (AvgIpc) is 3.30. The van der Waals surface area contributed by atoms with Gasteiger partial charge in [0.2, 0.25) is 11.9 Å². The molecule has 12 heteroatoms. The molecule has 0 spiro atoms. The van der Waals surface area contributed by atoms with Gasteiger partial charge in [-0.15, -0.1) is 0 Å². The molecule has 3 unspecified atom stereocenters. The van der Waals surface area contributed by atoms with E-state index in [0.717, 1.165) is 62.5 Å². The first-order valence-corrected chi connectivity index (χ1v) is 15.3. The summed E-state index contributed by atoms with van der Waals surface area (Å²) in [4.78, 5) is 34.5. The molecule has 1 aromatic heterocycles. The number of ether oxygens (including phenoxy) is 2. The predicted octanol–water partition coefficient (Wildman–Crippen LogP) is 3.18. The molecular formula is C31H39N9O3. The number of morpholine rings is 2. The van der Waals surface area contributed by atoms with Gasteiger partial charge in [-0.05, 0) is 68.3 Å². The number of carbonyl (C=O) groups is 1. The van der Waals surface area contributed by atoms with E-state index in [1.807, 2.05) is 48.5 Å². The number of amides is 2. The summed E-state index contributed by atoms with van der Waals surface area (Å²) in [5.41, 5.74) is 3.45. The zero-order valence-corrected chi connectivity index (χ0v) is 24.5. The van der Waals surface area contributed by atoms with Crippen molar-refractivity contribution in [2.45, 2.75) is 37.9 Å². The highest BCUT2D eigenvalue weighted by molar-refractivity contribution is 5.99. The molecule has 4 fully saturated rings. The van der Waals surface area contributed by atoms with E-state index in [4.69, 9.17) is 24.4 Å². The van der Waals surface area contributed by atoms with E-state index in [0.29, 0.717) is 49.8 Å². The van der Waals surface area contributed by atoms with Crippen LogP contribution in [-0.4, -0.2) is 98.3 Å². The molecule has 4 saturated heterocycles. The minimum atomic E-state index is -0.295. The number of fused-ring (bicyclic) bond motifs is 2. The van der Waals surface area contributed by atoms with Crippen LogP contribution in [0.25, 0.3) is 11.4 Å². The number of urea groups is 1. The number of hydrogen-bond donors (Lipinski definition) is 3. The van der Waals surface area contributed by atoms with Crippen LogP contribution in [0.15, 0.2) is 48.5 Å². The standard InChI is InChI=1S/C31H39N9O3/c1-21-18-42-17-16-39(21)29-35-28(36-30(37-29)40-26-10-11-27(40)20-43-19-26)22-2-4-23(5-3-22)33-31(41)34-24-6-8-25(9-7-24)38-14-12-32-13-15-38/h2-9,21,26-27,32H,10-20H2,1H3,(H2,33,34,41). The Morgan fingerprint density at radius 3 is 2.14 bits per heavy atom. The number of anilines is 5. The number of nitrogens with one attached hydrogen (secondary N) is 3. The Labute approximate surface area is 251 Å². The third kappa shape index (κ3) is 6.08. The Kier molecular flexibility index (Phi) is 7.96. The van der Waals surface area contributed by atoms with Gasteiger partial charge >= 0.3 is 6.03 Å². The molecule has 226 valence electrons. The molecule has 43 heavy (non-hydrogen) atoms. The van der Waals surface area contributed by atoms with Crippen molar-refractivity contribution in [3.8, 4) is 11.4 Å². The third-order valence-corrected chi connectivity index (χ3v) is 8.72. The lowest BCUT2D eigenvalue weighted by Crippen LogP contribution is -2.48. The molecule has 7 rings (SSSR count). The van der Waals surface area contributed by atoms with Crippen molar-refractivity contribution in [1.29, 1.82) is 0 Å². The van der Waals surface area contributed by atoms with Crippen molar-refractivity contribution in [3.05, 3.63) is 48.5 Å². The van der Waals surface area contributed by atoms with Crippen LogP contribution in [-0.2, 0) is 9.47 Å². The smallest absolute Gasteiger partial charge is 0.323 e. The van der Waals surface area contributed by atoms with Crippen molar-refractivity contribution in [2.75, 3.05) is 84.5 Å². The molecule has 3 N–H and O–H groups in total. The summed E-state index contributed by atoms with van der Waals surface area (Å²) in [6, 6.07) is 16.0. The summed E-state index contributed by atoms with van der Waals surface area (Å²) in [5, 5.41) is 9.23. The number of hydrogen-bond acceptors (Lipinski definition) is 10. The fourth-order valence-corrected chi connectivity index (χ4v) is 6.38. The zero-order valence-electron chi connectivity index (χ0n) is 24.5. The first-order valence-electron chi connectivity index (χ1n) is 15.3. The lowest BCUT2D eigenvalue weighted by Gasteiger charge is -2.36. The highest BCUT2D eigenvalue weighted by Crippen LogP contribution is 2.34. The Hall–Kier alpha value is -4.00. The fourth-order valence-electron chi connectivity index (χ4n) is 6.38. The second-order valence-electron chi connectivity index (χ2n) is 11.6. The second kappa shape index (κ2) is 12.3. The van der Waals surface area contributed by atoms with Crippen LogP contribution < -0.4 is 30.7 Å². The van der Waals surface area contributed by atoms with Crippen molar-refractivity contribution in [3.63, 3.8) is 0 Å². The van der Waals surface area contributed by atoms with E-state index in [2.05, 4.69) is 37.6 Å². The molecule has 3 atom stereocenters. The van der Waals surface area contributed by atoms with Crippen LogP contribution in [0.4, 0.5) is 33.8 Å². The van der Waals surface area contributed by atoms with E-state index >= 15 is 0 Å². The zero-order chi connectivity index (χ0) is 29.2. The van der Waals surface area contributed by atoms with E-state index in [-0.39, 0.29) is 24.2 Å². The van der Waals surface area contributed by atoms with Gasteiger partial charge in [-0.2, -0.15) is 15.0 Å². The minimum absolute atomic E-state index is 0.168. The summed E-state index contributed by atoms with van der Waals surface area (Å²) in [7, 11) is 0. The molecular weight excluding hydrogens is 546 g/mol. The maximum absolute atomic E-state index is 12.8. The SMILES string of the molecule is CC1COCCN1c1nc(-c2ccc(NC(=O)Nc3ccc(N4CCNCC4)cc3)cc2)nc(N2C3CCC2COC3)n1. The van der Waals surface area contributed by atoms with Gasteiger partial charge in [-0.1, -0.05) is 0 Å². The lowest BCUT2D eigenvalue weighted by molar-refractivity contribution is 0.0895. The predicted molar refractivity (Wildman–Crippen MR) is 167 cm³/mol. The average molecular weight is 586 g/mol. The summed E-state index contributed by atoms with van der Waals surface area (Å²) < 4.78 is 11.5. The van der Waals surface area contributed by atoms with Crippen molar-refractivity contribution in [1.82, 2.24) is 20.3 Å². The minimum Gasteiger partial charge on any atom is -0.377 e. The van der Waals surface area contributed by atoms with Crippen LogP contribution in [0.3, 0.4) is 0 Å². The van der Waals surface area contributed by atoms with Crippen molar-refractivity contribution in [2.24, 2.45) is 0 Å². The van der Waals surface area contributed by atoms with Crippen LogP contribution in [0, 0.1) is 0 Å². The normalized spacial score (nSPS) is 23.7. The van der Waals surface area contributed by atoms with Gasteiger partial charge in [-0.25, -0.2) is 4.79 Å². The van der Waals surface area contributed by atoms with Gasteiger partial charge < -0.3 is 40.1 Å². The highest BCUT2D eigenvalue weighted by atomic mass is 16.5. The number of aromatic nitrogens is 3. The quantitative estimate of drug-likeness (QED) is 0.398. The van der Waals surface area contributed by atoms with E-state index in [1.54, 1.807) is 0 Å². The number of rotatable bonds is 6. The van der Waals surface area contributed by atoms with Gasteiger partial charge in [0.1, 0.15) is 0 Å². The number of carbonyl (C=O) groups excluding carboxylic acids is 1. The van der Waals surface area contributed by atoms with Gasteiger partial charge in [0.25, 0.3) is 0 Å². The fraction of sp³-hybridized carbons (Fsp3) is 0.484. The Morgan fingerprint density at radius 1 is 0.814 bits per heavy atom. The van der Waals surface area contributed by atoms with Gasteiger partial charge in [0.05, 0.1) is 44.6 Å². The number of nitrogens with zero attached hydrogens (tertiary/aromatic N) is 6. The van der Waals surface area contributed by atoms with E-state index in [9.17, 15) is 4.79 Å².